The quantitative estimate of drug-likeness (QED) is 0.0824. The second kappa shape index (κ2) is 13.0. The van der Waals surface area contributed by atoms with Crippen molar-refractivity contribution in [2.75, 3.05) is 0 Å². The van der Waals surface area contributed by atoms with E-state index >= 15 is 0 Å². The van der Waals surface area contributed by atoms with Crippen molar-refractivity contribution in [2.24, 2.45) is 16.2 Å². The molecule has 0 saturated carbocycles. The molecule has 6 aliphatic rings. The van der Waals surface area contributed by atoms with Gasteiger partial charge < -0.3 is 51.1 Å². The van der Waals surface area contributed by atoms with Gasteiger partial charge in [-0.2, -0.15) is 0 Å². The number of hydrogen-bond donors (Lipinski definition) is 10. The summed E-state index contributed by atoms with van der Waals surface area (Å²) >= 11 is 0. The standard InChI is InChI=1S/C43H44O16/c1-9-11-16(46)20-30(50)22-34(54)23(31(20)51)42(22,26-28(48)18(14(3)44)36(56)40(5,6)38(26)58)13-43(27-29(49)19(15(4)45)37(57)41(7,8)39(27)59)24-32(52)21(17(47)12-10-2)33(53)25(43)35(24)55/h48-55,58-59H,9-13H2,1-8H3. The SMILES string of the molecule is CCCC(=O)c1c(O)c2c(O)c(c1O)C2(CC1(C2=C(O)C(C)(C)C(=O)C(C(C)=O)=C2O)c2c(O)c(C(=O)CCC)c(O)c1c2O)C1=C(O)C(C)(C)C(=O)C(C(C)=O)=C1O. The number of Topliss-reactive ketones (excluding diaryl/α,β-unsaturated/α-hetero) is 6. The van der Waals surface area contributed by atoms with Crippen molar-refractivity contribution in [1.29, 1.82) is 0 Å². The van der Waals surface area contributed by atoms with Gasteiger partial charge >= 0.3 is 0 Å². The van der Waals surface area contributed by atoms with Crippen LogP contribution in [0.3, 0.4) is 0 Å². The van der Waals surface area contributed by atoms with E-state index in [9.17, 15) is 79.8 Å². The van der Waals surface area contributed by atoms with Crippen molar-refractivity contribution >= 4 is 34.7 Å². The first-order valence-corrected chi connectivity index (χ1v) is 18.8. The highest BCUT2D eigenvalue weighted by Gasteiger charge is 2.71. The van der Waals surface area contributed by atoms with Gasteiger partial charge in [-0.3, -0.25) is 28.8 Å². The number of aliphatic hydroxyl groups is 7. The lowest BCUT2D eigenvalue weighted by Crippen LogP contribution is -2.55. The van der Waals surface area contributed by atoms with Crippen LogP contribution in [0, 0.1) is 16.2 Å². The van der Waals surface area contributed by atoms with E-state index in [1.165, 1.54) is 0 Å². The zero-order valence-corrected chi connectivity index (χ0v) is 33.5. The molecular weight excluding hydrogens is 772 g/mol. The number of carbonyl (C=O) groups excluding carboxylic acids is 6. The number of phenolic OH excluding ortho intramolecular Hbond substituents is 3. The van der Waals surface area contributed by atoms with E-state index in [1.807, 2.05) is 0 Å². The number of aliphatic hydroxyl groups excluding tert-OH is 7. The molecule has 1 atom stereocenters. The zero-order valence-electron chi connectivity index (χ0n) is 33.5. The number of aromatic hydroxyl groups is 3. The Hall–Kier alpha value is -6.58. The molecule has 0 heterocycles. The molecule has 1 unspecified atom stereocenters. The highest BCUT2D eigenvalue weighted by atomic mass is 16.3. The van der Waals surface area contributed by atoms with E-state index in [0.29, 0.717) is 0 Å². The summed E-state index contributed by atoms with van der Waals surface area (Å²) < 4.78 is 0. The number of allylic oxidation sites excluding steroid dienone is 9. The number of hydrogen-bond acceptors (Lipinski definition) is 16. The summed E-state index contributed by atoms with van der Waals surface area (Å²) in [6.07, 6.45) is -1.26. The minimum Gasteiger partial charge on any atom is -0.511 e. The molecule has 0 aliphatic heterocycles. The lowest BCUT2D eigenvalue weighted by molar-refractivity contribution is -0.128. The maximum atomic E-state index is 13.7. The Labute approximate surface area is 336 Å². The molecule has 0 fully saturated rings. The average molecular weight is 817 g/mol. The summed E-state index contributed by atoms with van der Waals surface area (Å²) in [4.78, 5) is 80.5. The van der Waals surface area contributed by atoms with Crippen LogP contribution in [0.2, 0.25) is 0 Å². The lowest BCUT2D eigenvalue weighted by Gasteiger charge is -2.58. The van der Waals surface area contributed by atoms with Crippen molar-refractivity contribution in [3.63, 3.8) is 0 Å². The summed E-state index contributed by atoms with van der Waals surface area (Å²) in [6.45, 7) is 9.69. The van der Waals surface area contributed by atoms with Gasteiger partial charge in [-0.15, -0.1) is 0 Å². The molecular formula is C43H44O16. The predicted octanol–water partition coefficient (Wildman–Crippen LogP) is 6.24. The third kappa shape index (κ3) is 4.82. The fraction of sp³-hybridized carbons (Fsp3) is 0.395. The van der Waals surface area contributed by atoms with Crippen LogP contribution in [0.15, 0.2) is 79.3 Å². The van der Waals surface area contributed by atoms with Gasteiger partial charge in [0, 0.05) is 24.0 Å². The van der Waals surface area contributed by atoms with Gasteiger partial charge in [0.05, 0.1) is 43.9 Å². The van der Waals surface area contributed by atoms with Crippen LogP contribution in [0.1, 0.15) is 109 Å². The van der Waals surface area contributed by atoms with Crippen molar-refractivity contribution in [3.8, 4) is 17.2 Å². The molecule has 7 rings (SSSR count). The molecule has 1 aromatic carbocycles. The largest absolute Gasteiger partial charge is 0.511 e. The number of fused-ring (bicyclic) bond motifs is 4. The first-order chi connectivity index (χ1) is 27.2. The molecule has 4 bridgehead atoms. The summed E-state index contributed by atoms with van der Waals surface area (Å²) in [5.74, 6) is -16.9. The van der Waals surface area contributed by atoms with E-state index in [1.54, 1.807) is 13.8 Å². The molecule has 10 N–H and O–H groups in total. The molecule has 16 heteroatoms. The highest BCUT2D eigenvalue weighted by Crippen LogP contribution is 2.76. The minimum atomic E-state index is -2.72. The van der Waals surface area contributed by atoms with E-state index < -0.39 is 176 Å². The molecule has 0 spiro atoms. The minimum absolute atomic E-state index is 0.211. The number of benzene rings is 1. The number of carbonyl (C=O) groups is 6. The van der Waals surface area contributed by atoms with Crippen molar-refractivity contribution in [3.05, 3.63) is 96.0 Å². The van der Waals surface area contributed by atoms with Gasteiger partial charge in [0.25, 0.3) is 0 Å². The van der Waals surface area contributed by atoms with Crippen LogP contribution >= 0.6 is 0 Å². The normalized spacial score (nSPS) is 22.9. The smallest absolute Gasteiger partial charge is 0.183 e. The first kappa shape index (κ1) is 42.0. The van der Waals surface area contributed by atoms with E-state index in [0.717, 1.165) is 41.5 Å². The zero-order chi connectivity index (χ0) is 44.5. The van der Waals surface area contributed by atoms with Gasteiger partial charge in [0.2, 0.25) is 0 Å². The topological polar surface area (TPSA) is 305 Å². The second-order valence-electron chi connectivity index (χ2n) is 16.6. The molecule has 0 amide bonds. The van der Waals surface area contributed by atoms with Gasteiger partial charge in [0.1, 0.15) is 79.8 Å². The summed E-state index contributed by atoms with van der Waals surface area (Å²) in [6, 6.07) is 0. The Morgan fingerprint density at radius 3 is 1.24 bits per heavy atom. The number of phenols is 3. The maximum absolute atomic E-state index is 13.7. The third-order valence-corrected chi connectivity index (χ3v) is 12.3. The van der Waals surface area contributed by atoms with Crippen LogP contribution in [-0.4, -0.2) is 85.8 Å². The summed E-state index contributed by atoms with van der Waals surface area (Å²) in [5, 5.41) is 119. The van der Waals surface area contributed by atoms with E-state index in [4.69, 9.17) is 0 Å². The maximum Gasteiger partial charge on any atom is 0.183 e. The third-order valence-electron chi connectivity index (χ3n) is 12.3. The molecule has 0 saturated heterocycles. The Morgan fingerprint density at radius 1 is 0.475 bits per heavy atom. The molecule has 0 aromatic heterocycles. The van der Waals surface area contributed by atoms with Crippen LogP contribution in [0.5, 0.6) is 17.2 Å². The summed E-state index contributed by atoms with van der Waals surface area (Å²) in [7, 11) is 0. The molecule has 6 aliphatic carbocycles. The Balaban J connectivity index is 1.88. The van der Waals surface area contributed by atoms with Crippen LogP contribution < -0.4 is 0 Å². The number of rotatable bonds is 12. The molecule has 16 nitrogen and oxygen atoms in total. The van der Waals surface area contributed by atoms with Crippen molar-refractivity contribution in [1.82, 2.24) is 0 Å². The van der Waals surface area contributed by atoms with Crippen LogP contribution in [0.25, 0.3) is 0 Å². The molecule has 0 radical (unpaired) electrons. The van der Waals surface area contributed by atoms with Gasteiger partial charge in [-0.25, -0.2) is 0 Å². The fourth-order valence-electron chi connectivity index (χ4n) is 9.44. The molecule has 312 valence electrons. The fourth-order valence-corrected chi connectivity index (χ4v) is 9.44. The van der Waals surface area contributed by atoms with Gasteiger partial charge in [-0.1, -0.05) is 13.8 Å². The molecule has 1 aromatic rings. The first-order valence-electron chi connectivity index (χ1n) is 18.8. The second-order valence-corrected chi connectivity index (χ2v) is 16.6. The lowest BCUT2D eigenvalue weighted by atomic mass is 9.43. The average Bonchev–Trinajstić information content (AvgIpc) is 3.09. The van der Waals surface area contributed by atoms with Crippen molar-refractivity contribution < 1.29 is 79.8 Å². The number of ketones is 6. The predicted molar refractivity (Wildman–Crippen MR) is 205 cm³/mol. The monoisotopic (exact) mass is 816 g/mol. The Bertz CT molecular complexity index is 2520. The van der Waals surface area contributed by atoms with Crippen LogP contribution in [0.4, 0.5) is 0 Å². The van der Waals surface area contributed by atoms with Gasteiger partial charge in [0.15, 0.2) is 34.7 Å². The van der Waals surface area contributed by atoms with Crippen LogP contribution in [-0.2, 0) is 29.4 Å². The Morgan fingerprint density at radius 2 is 0.847 bits per heavy atom. The molecule has 59 heavy (non-hydrogen) atoms. The Kier molecular flexibility index (Phi) is 9.24. The highest BCUT2D eigenvalue weighted by molar-refractivity contribution is 6.24. The van der Waals surface area contributed by atoms with Gasteiger partial charge in [-0.05, 0) is 60.8 Å². The van der Waals surface area contributed by atoms with E-state index in [-0.39, 0.29) is 25.7 Å². The summed E-state index contributed by atoms with van der Waals surface area (Å²) in [5.41, 5.74) is -17.6. The van der Waals surface area contributed by atoms with E-state index in [2.05, 4.69) is 0 Å². The van der Waals surface area contributed by atoms with Crippen molar-refractivity contribution in [2.45, 2.75) is 92.9 Å².